The van der Waals surface area contributed by atoms with Crippen molar-refractivity contribution in [1.82, 2.24) is 15.3 Å². The average Bonchev–Trinajstić information content (AvgIpc) is 2.57. The maximum Gasteiger partial charge on any atom is 0.252 e. The molecule has 126 valence electrons. The van der Waals surface area contributed by atoms with E-state index in [1.807, 2.05) is 25.1 Å². The smallest absolute Gasteiger partial charge is 0.252 e. The quantitative estimate of drug-likeness (QED) is 0.777. The molecule has 0 spiro atoms. The largest absolute Gasteiger partial charge is 0.393 e. The summed E-state index contributed by atoms with van der Waals surface area (Å²) in [4.78, 5) is 31.4. The third-order valence-electron chi connectivity index (χ3n) is 4.46. The van der Waals surface area contributed by atoms with Crippen LogP contribution in [0.25, 0.3) is 0 Å². The zero-order valence-electron chi connectivity index (χ0n) is 13.5. The highest BCUT2D eigenvalue weighted by Crippen LogP contribution is 2.37. The van der Waals surface area contributed by atoms with Crippen LogP contribution in [0.1, 0.15) is 47.6 Å². The molecule has 1 aliphatic rings. The van der Waals surface area contributed by atoms with Gasteiger partial charge < -0.3 is 15.4 Å². The minimum atomic E-state index is -0.315. The number of aliphatic hydroxyl groups excluding tert-OH is 1. The number of aryl methyl sites for hydroxylation is 1. The van der Waals surface area contributed by atoms with Crippen molar-refractivity contribution in [2.75, 3.05) is 0 Å². The molecule has 3 rings (SSSR count). The molecule has 0 bridgehead atoms. The Kier molecular flexibility index (Phi) is 4.76. The predicted octanol–water partition coefficient (Wildman–Crippen LogP) is 1.57. The Balaban J connectivity index is 1.83. The summed E-state index contributed by atoms with van der Waals surface area (Å²) in [7, 11) is 0. The van der Waals surface area contributed by atoms with E-state index < -0.39 is 0 Å². The van der Waals surface area contributed by atoms with Crippen LogP contribution in [0.5, 0.6) is 0 Å². The van der Waals surface area contributed by atoms with Crippen molar-refractivity contribution in [3.8, 4) is 0 Å². The highest BCUT2D eigenvalue weighted by atomic mass is 16.3. The summed E-state index contributed by atoms with van der Waals surface area (Å²) >= 11 is 0. The van der Waals surface area contributed by atoms with Crippen molar-refractivity contribution in [3.63, 3.8) is 0 Å². The Morgan fingerprint density at radius 1 is 1.42 bits per heavy atom. The molecule has 1 atom stereocenters. The lowest BCUT2D eigenvalue weighted by Crippen LogP contribution is -2.42. The fourth-order valence-electron chi connectivity index (χ4n) is 3.04. The predicted molar refractivity (Wildman–Crippen MR) is 89.6 cm³/mol. The number of nitrogens with one attached hydrogen (secondary N) is 2. The Labute approximate surface area is 140 Å². The second kappa shape index (κ2) is 6.97. The van der Waals surface area contributed by atoms with Gasteiger partial charge >= 0.3 is 0 Å². The van der Waals surface area contributed by atoms with Gasteiger partial charge in [0.2, 0.25) is 5.56 Å². The van der Waals surface area contributed by atoms with Crippen molar-refractivity contribution in [1.29, 1.82) is 0 Å². The number of nitrogens with zero attached hydrogens (tertiary/aromatic N) is 1. The van der Waals surface area contributed by atoms with Crippen LogP contribution in [0.3, 0.4) is 0 Å². The topological polar surface area (TPSA) is 95.1 Å². The van der Waals surface area contributed by atoms with Crippen molar-refractivity contribution >= 4 is 5.91 Å². The van der Waals surface area contributed by atoms with Gasteiger partial charge in [-0.25, -0.2) is 0 Å². The van der Waals surface area contributed by atoms with Crippen molar-refractivity contribution in [2.24, 2.45) is 5.92 Å². The average molecular weight is 327 g/mol. The molecular formula is C18H21N3O3. The van der Waals surface area contributed by atoms with Gasteiger partial charge in [-0.2, -0.15) is 0 Å². The fourth-order valence-corrected chi connectivity index (χ4v) is 3.04. The number of pyridine rings is 2. The van der Waals surface area contributed by atoms with Crippen LogP contribution in [-0.2, 0) is 6.42 Å². The summed E-state index contributed by atoms with van der Waals surface area (Å²) in [5.74, 6) is -0.153. The number of rotatable bonds is 5. The van der Waals surface area contributed by atoms with E-state index in [0.29, 0.717) is 24.8 Å². The van der Waals surface area contributed by atoms with Gasteiger partial charge in [0.1, 0.15) is 0 Å². The van der Waals surface area contributed by atoms with Crippen LogP contribution in [0, 0.1) is 5.92 Å². The molecule has 1 unspecified atom stereocenters. The van der Waals surface area contributed by atoms with E-state index in [1.54, 1.807) is 12.3 Å². The molecule has 2 aromatic rings. The standard InChI is InChI=1S/C18H21N3O3/c1-2-13-7-12(10-16(23)20-13)18(24)21-17(11-8-14(22)9-11)15-5-3-4-6-19-15/h3-7,10-11,14,17,22H,2,8-9H2,1H3,(H,20,23)(H,21,24). The first-order chi connectivity index (χ1) is 11.6. The number of aromatic nitrogens is 2. The van der Waals surface area contributed by atoms with E-state index in [9.17, 15) is 14.7 Å². The molecule has 0 aromatic carbocycles. The van der Waals surface area contributed by atoms with Crippen molar-refractivity contribution in [2.45, 2.75) is 38.3 Å². The van der Waals surface area contributed by atoms with E-state index in [0.717, 1.165) is 11.4 Å². The zero-order valence-corrected chi connectivity index (χ0v) is 13.5. The first kappa shape index (κ1) is 16.4. The summed E-state index contributed by atoms with van der Waals surface area (Å²) < 4.78 is 0. The normalized spacial score (nSPS) is 20.9. The van der Waals surface area contributed by atoms with Crippen LogP contribution in [0.2, 0.25) is 0 Å². The van der Waals surface area contributed by atoms with Gasteiger partial charge in [0, 0.05) is 23.5 Å². The van der Waals surface area contributed by atoms with E-state index >= 15 is 0 Å². The maximum absolute atomic E-state index is 12.6. The van der Waals surface area contributed by atoms with Crippen LogP contribution < -0.4 is 10.9 Å². The Morgan fingerprint density at radius 3 is 2.83 bits per heavy atom. The van der Waals surface area contributed by atoms with Crippen LogP contribution in [-0.4, -0.2) is 27.1 Å². The zero-order chi connectivity index (χ0) is 17.1. The Morgan fingerprint density at radius 2 is 2.21 bits per heavy atom. The summed E-state index contributed by atoms with van der Waals surface area (Å²) in [6.45, 7) is 1.92. The molecule has 0 aliphatic heterocycles. The minimum Gasteiger partial charge on any atom is -0.393 e. The fraction of sp³-hybridized carbons (Fsp3) is 0.389. The van der Waals surface area contributed by atoms with Crippen LogP contribution in [0.15, 0.2) is 41.3 Å². The highest BCUT2D eigenvalue weighted by Gasteiger charge is 2.36. The Bertz CT molecular complexity index is 767. The lowest BCUT2D eigenvalue weighted by atomic mass is 9.76. The van der Waals surface area contributed by atoms with Gasteiger partial charge in [0.05, 0.1) is 17.8 Å². The van der Waals surface area contributed by atoms with Gasteiger partial charge in [0.15, 0.2) is 0 Å². The van der Waals surface area contributed by atoms with Crippen LogP contribution >= 0.6 is 0 Å². The van der Waals surface area contributed by atoms with E-state index in [2.05, 4.69) is 15.3 Å². The molecule has 0 saturated heterocycles. The molecule has 1 amide bonds. The van der Waals surface area contributed by atoms with Crippen molar-refractivity contribution in [3.05, 3.63) is 63.8 Å². The number of H-pyrrole nitrogens is 1. The van der Waals surface area contributed by atoms with Crippen molar-refractivity contribution < 1.29 is 9.90 Å². The lowest BCUT2D eigenvalue weighted by Gasteiger charge is -2.37. The van der Waals surface area contributed by atoms with Crippen LogP contribution in [0.4, 0.5) is 0 Å². The van der Waals surface area contributed by atoms with Gasteiger partial charge in [-0.3, -0.25) is 14.6 Å². The molecule has 0 radical (unpaired) electrons. The minimum absolute atomic E-state index is 0.145. The number of amides is 1. The molecule has 2 aromatic heterocycles. The number of carbonyl (C=O) groups is 1. The second-order valence-electron chi connectivity index (χ2n) is 6.20. The van der Waals surface area contributed by atoms with Gasteiger partial charge in [-0.15, -0.1) is 0 Å². The number of hydrogen-bond donors (Lipinski definition) is 3. The molecule has 6 nitrogen and oxygen atoms in total. The molecule has 24 heavy (non-hydrogen) atoms. The maximum atomic E-state index is 12.6. The third kappa shape index (κ3) is 3.54. The van der Waals surface area contributed by atoms with E-state index in [-0.39, 0.29) is 29.5 Å². The second-order valence-corrected chi connectivity index (χ2v) is 6.20. The molecule has 1 aliphatic carbocycles. The van der Waals surface area contributed by atoms with Gasteiger partial charge in [-0.05, 0) is 43.4 Å². The molecule has 3 N–H and O–H groups in total. The van der Waals surface area contributed by atoms with E-state index in [1.165, 1.54) is 6.07 Å². The third-order valence-corrected chi connectivity index (χ3v) is 4.46. The SMILES string of the molecule is CCc1cc(C(=O)NC(c2ccccn2)C2CC(O)C2)cc(=O)[nH]1. The molecule has 1 fully saturated rings. The van der Waals surface area contributed by atoms with Gasteiger partial charge in [-0.1, -0.05) is 13.0 Å². The monoisotopic (exact) mass is 327 g/mol. The number of hydrogen-bond acceptors (Lipinski definition) is 4. The number of aromatic amines is 1. The highest BCUT2D eigenvalue weighted by molar-refractivity contribution is 5.94. The summed E-state index contributed by atoms with van der Waals surface area (Å²) in [6, 6.07) is 8.29. The molecular weight excluding hydrogens is 306 g/mol. The molecule has 2 heterocycles. The number of aliphatic hydroxyl groups is 1. The first-order valence-electron chi connectivity index (χ1n) is 8.20. The summed E-state index contributed by atoms with van der Waals surface area (Å²) in [6.07, 6.45) is 3.29. The lowest BCUT2D eigenvalue weighted by molar-refractivity contribution is 0.0228. The Hall–Kier alpha value is -2.47. The van der Waals surface area contributed by atoms with E-state index in [4.69, 9.17) is 0 Å². The summed E-state index contributed by atoms with van der Waals surface area (Å²) in [5.41, 5.74) is 1.55. The molecule has 6 heteroatoms. The number of carbonyl (C=O) groups excluding carboxylic acids is 1. The summed E-state index contributed by atoms with van der Waals surface area (Å²) in [5, 5.41) is 12.6. The first-order valence-corrected chi connectivity index (χ1v) is 8.20. The van der Waals surface area contributed by atoms with Gasteiger partial charge in [0.25, 0.3) is 5.91 Å². The molecule has 1 saturated carbocycles.